The Balaban J connectivity index is 1.67. The van der Waals surface area contributed by atoms with Crippen LogP contribution in [0.3, 0.4) is 0 Å². The number of carboxylic acid groups (broad SMARTS) is 1. The third-order valence-electron chi connectivity index (χ3n) is 6.03. The number of benzene rings is 2. The molecule has 2 aromatic rings. The van der Waals surface area contributed by atoms with Crippen molar-refractivity contribution in [1.82, 2.24) is 10.2 Å². The van der Waals surface area contributed by atoms with Crippen molar-refractivity contribution in [3.05, 3.63) is 59.7 Å². The van der Waals surface area contributed by atoms with E-state index in [1.54, 1.807) is 6.92 Å². The predicted octanol–water partition coefficient (Wildman–Crippen LogP) is 3.63. The molecule has 2 amide bonds. The van der Waals surface area contributed by atoms with Gasteiger partial charge in [-0.25, -0.2) is 9.59 Å². The van der Waals surface area contributed by atoms with Gasteiger partial charge in [0.1, 0.15) is 18.2 Å². The van der Waals surface area contributed by atoms with E-state index in [9.17, 15) is 19.5 Å². The van der Waals surface area contributed by atoms with Gasteiger partial charge in [0, 0.05) is 13.0 Å². The molecule has 0 spiro atoms. The summed E-state index contributed by atoms with van der Waals surface area (Å²) < 4.78 is 5.50. The van der Waals surface area contributed by atoms with E-state index in [0.717, 1.165) is 27.2 Å². The van der Waals surface area contributed by atoms with Crippen molar-refractivity contribution in [2.75, 3.05) is 13.7 Å². The van der Waals surface area contributed by atoms with Gasteiger partial charge < -0.3 is 20.1 Å². The lowest BCUT2D eigenvalue weighted by atomic mass is 9.98. The molecule has 1 aliphatic rings. The molecule has 3 rings (SSSR count). The van der Waals surface area contributed by atoms with Crippen LogP contribution in [0.15, 0.2) is 48.5 Å². The number of hydrogen-bond acceptors (Lipinski definition) is 4. The molecule has 0 saturated carbocycles. The van der Waals surface area contributed by atoms with Gasteiger partial charge in [-0.1, -0.05) is 55.5 Å². The fourth-order valence-corrected chi connectivity index (χ4v) is 3.77. The number of hydrogen-bond donors (Lipinski definition) is 2. The van der Waals surface area contributed by atoms with E-state index in [1.165, 1.54) is 20.9 Å². The first-order chi connectivity index (χ1) is 14.7. The van der Waals surface area contributed by atoms with Gasteiger partial charge in [0.2, 0.25) is 5.91 Å². The topological polar surface area (TPSA) is 95.9 Å². The minimum absolute atomic E-state index is 0.0810. The number of aliphatic carboxylic acids is 1. The van der Waals surface area contributed by atoms with Crippen LogP contribution < -0.4 is 5.32 Å². The average molecular weight is 424 g/mol. The highest BCUT2D eigenvalue weighted by atomic mass is 16.5. The highest BCUT2D eigenvalue weighted by Crippen LogP contribution is 2.44. The lowest BCUT2D eigenvalue weighted by Crippen LogP contribution is -2.57. The number of carbonyl (C=O) groups excluding carboxylic acids is 2. The van der Waals surface area contributed by atoms with E-state index in [-0.39, 0.29) is 12.5 Å². The summed E-state index contributed by atoms with van der Waals surface area (Å²) in [6.45, 7) is 4.76. The van der Waals surface area contributed by atoms with Crippen LogP contribution in [-0.2, 0) is 14.3 Å². The fourth-order valence-electron chi connectivity index (χ4n) is 3.77. The number of ether oxygens (including phenoxy) is 1. The average Bonchev–Trinajstić information content (AvgIpc) is 3.08. The van der Waals surface area contributed by atoms with Gasteiger partial charge in [-0.15, -0.1) is 0 Å². The molecule has 2 aromatic carbocycles. The van der Waals surface area contributed by atoms with Crippen molar-refractivity contribution in [3.63, 3.8) is 0 Å². The van der Waals surface area contributed by atoms with Crippen LogP contribution in [0.4, 0.5) is 4.79 Å². The zero-order valence-electron chi connectivity index (χ0n) is 18.2. The number of nitrogens with zero attached hydrogens (tertiary/aromatic N) is 1. The summed E-state index contributed by atoms with van der Waals surface area (Å²) in [5, 5.41) is 11.9. The summed E-state index contributed by atoms with van der Waals surface area (Å²) in [7, 11) is 1.42. The summed E-state index contributed by atoms with van der Waals surface area (Å²) >= 11 is 0. The minimum atomic E-state index is -1.40. The number of alkyl carbamates (subject to hydrolysis) is 1. The zero-order chi connectivity index (χ0) is 22.8. The van der Waals surface area contributed by atoms with Gasteiger partial charge in [0.05, 0.1) is 0 Å². The lowest BCUT2D eigenvalue weighted by Gasteiger charge is -2.34. The maximum atomic E-state index is 12.7. The lowest BCUT2D eigenvalue weighted by molar-refractivity contribution is -0.156. The molecule has 0 radical (unpaired) electrons. The summed E-state index contributed by atoms with van der Waals surface area (Å²) in [4.78, 5) is 37.8. The van der Waals surface area contributed by atoms with E-state index in [0.29, 0.717) is 6.42 Å². The first-order valence-corrected chi connectivity index (χ1v) is 10.3. The normalized spacial score (nSPS) is 13.7. The number of amides is 2. The van der Waals surface area contributed by atoms with Crippen molar-refractivity contribution < 1.29 is 24.2 Å². The Morgan fingerprint density at radius 2 is 1.58 bits per heavy atom. The molecule has 0 aliphatic heterocycles. The van der Waals surface area contributed by atoms with E-state index < -0.39 is 29.6 Å². The Morgan fingerprint density at radius 3 is 2.06 bits per heavy atom. The van der Waals surface area contributed by atoms with Gasteiger partial charge in [-0.2, -0.15) is 0 Å². The van der Waals surface area contributed by atoms with Crippen LogP contribution in [0.25, 0.3) is 11.1 Å². The van der Waals surface area contributed by atoms with Gasteiger partial charge in [-0.05, 0) is 42.5 Å². The molecule has 7 heteroatoms. The van der Waals surface area contributed by atoms with Crippen molar-refractivity contribution in [3.8, 4) is 11.1 Å². The number of carbonyl (C=O) groups is 3. The molecule has 0 heterocycles. The Hall–Kier alpha value is -3.35. The van der Waals surface area contributed by atoms with E-state index in [4.69, 9.17) is 4.74 Å². The fraction of sp³-hybridized carbons (Fsp3) is 0.375. The summed E-state index contributed by atoms with van der Waals surface area (Å²) in [6.07, 6.45) is -0.396. The highest BCUT2D eigenvalue weighted by molar-refractivity contribution is 5.90. The second-order valence-electron chi connectivity index (χ2n) is 8.19. The Labute approximate surface area is 182 Å². The maximum Gasteiger partial charge on any atom is 0.407 e. The highest BCUT2D eigenvalue weighted by Gasteiger charge is 2.38. The molecule has 164 valence electrons. The van der Waals surface area contributed by atoms with Crippen LogP contribution in [0.5, 0.6) is 0 Å². The van der Waals surface area contributed by atoms with Crippen LogP contribution in [0, 0.1) is 0 Å². The molecule has 0 unspecified atom stereocenters. The van der Waals surface area contributed by atoms with Crippen molar-refractivity contribution >= 4 is 18.0 Å². The Kier molecular flexibility index (Phi) is 6.34. The van der Waals surface area contributed by atoms with E-state index in [2.05, 4.69) is 17.4 Å². The monoisotopic (exact) mass is 424 g/mol. The third-order valence-corrected chi connectivity index (χ3v) is 6.03. The second-order valence-corrected chi connectivity index (χ2v) is 8.19. The number of rotatable bonds is 7. The smallest absolute Gasteiger partial charge is 0.407 e. The second kappa shape index (κ2) is 8.79. The SMILES string of the molecule is CC[C@H](NC(=O)OCC1c2ccccc2-c2ccccc21)C(=O)N(C)C(C)(C)C(=O)O. The quantitative estimate of drug-likeness (QED) is 0.708. The van der Waals surface area contributed by atoms with Crippen molar-refractivity contribution in [1.29, 1.82) is 0 Å². The number of carboxylic acids is 1. The molecular weight excluding hydrogens is 396 g/mol. The maximum absolute atomic E-state index is 12.7. The molecule has 1 aliphatic carbocycles. The summed E-state index contributed by atoms with van der Waals surface area (Å²) in [5.74, 6) is -1.69. The van der Waals surface area contributed by atoms with Crippen LogP contribution in [-0.4, -0.2) is 53.2 Å². The Bertz CT molecular complexity index is 955. The van der Waals surface area contributed by atoms with Gasteiger partial charge >= 0.3 is 12.1 Å². The number of fused-ring (bicyclic) bond motifs is 3. The molecule has 1 atom stereocenters. The molecule has 7 nitrogen and oxygen atoms in total. The van der Waals surface area contributed by atoms with Crippen LogP contribution >= 0.6 is 0 Å². The van der Waals surface area contributed by atoms with Crippen LogP contribution in [0.2, 0.25) is 0 Å². The first-order valence-electron chi connectivity index (χ1n) is 10.3. The molecule has 31 heavy (non-hydrogen) atoms. The molecule has 0 bridgehead atoms. The van der Waals surface area contributed by atoms with Crippen LogP contribution in [0.1, 0.15) is 44.2 Å². The molecule has 0 fully saturated rings. The number of nitrogens with one attached hydrogen (secondary N) is 1. The zero-order valence-corrected chi connectivity index (χ0v) is 18.2. The van der Waals surface area contributed by atoms with Crippen molar-refractivity contribution in [2.45, 2.75) is 44.7 Å². The van der Waals surface area contributed by atoms with E-state index in [1.807, 2.05) is 36.4 Å². The molecular formula is C24H28N2O5. The van der Waals surface area contributed by atoms with Gasteiger partial charge in [0.15, 0.2) is 0 Å². The third kappa shape index (κ3) is 4.26. The minimum Gasteiger partial charge on any atom is -0.480 e. The van der Waals surface area contributed by atoms with Gasteiger partial charge in [0.25, 0.3) is 0 Å². The standard InChI is InChI=1S/C24H28N2O5/c1-5-20(21(27)26(4)24(2,3)22(28)29)25-23(30)31-14-19-17-12-8-6-10-15(17)16-11-7-9-13-18(16)19/h6-13,19-20H,5,14H2,1-4H3,(H,25,30)(H,28,29)/t20-/m0/s1. The summed E-state index contributed by atoms with van der Waals surface area (Å²) in [5.41, 5.74) is 3.07. The molecule has 2 N–H and O–H groups in total. The van der Waals surface area contributed by atoms with Gasteiger partial charge in [-0.3, -0.25) is 4.79 Å². The van der Waals surface area contributed by atoms with Crippen molar-refractivity contribution in [2.24, 2.45) is 0 Å². The predicted molar refractivity (Wildman–Crippen MR) is 117 cm³/mol. The number of likely N-dealkylation sites (N-methyl/N-ethyl adjacent to an activating group) is 1. The Morgan fingerprint density at radius 1 is 1.06 bits per heavy atom. The first kappa shape index (κ1) is 22.3. The summed E-state index contributed by atoms with van der Waals surface area (Å²) in [6, 6.07) is 15.2. The molecule has 0 saturated heterocycles. The molecule has 0 aromatic heterocycles. The van der Waals surface area contributed by atoms with E-state index >= 15 is 0 Å². The largest absolute Gasteiger partial charge is 0.480 e.